The van der Waals surface area contributed by atoms with Crippen molar-refractivity contribution in [2.24, 2.45) is 0 Å². The molecule has 0 atom stereocenters. The number of benzene rings is 2. The van der Waals surface area contributed by atoms with Crippen LogP contribution in [0.15, 0.2) is 42.5 Å². The third kappa shape index (κ3) is 3.63. The van der Waals surface area contributed by atoms with E-state index in [2.05, 4.69) is 5.32 Å². The van der Waals surface area contributed by atoms with Gasteiger partial charge in [-0.05, 0) is 46.9 Å². The number of rotatable bonds is 2. The summed E-state index contributed by atoms with van der Waals surface area (Å²) < 4.78 is 32.0. The average Bonchev–Trinajstić information content (AvgIpc) is 2.37. The van der Waals surface area contributed by atoms with E-state index in [-0.39, 0.29) is 5.69 Å². The Labute approximate surface area is 121 Å². The van der Waals surface area contributed by atoms with E-state index in [1.807, 2.05) is 22.6 Å². The minimum absolute atomic E-state index is 0.268. The molecule has 0 aromatic heterocycles. The number of hydrogen-bond donors (Lipinski definition) is 1. The molecule has 1 amide bonds. The molecule has 2 aromatic rings. The first-order valence-electron chi connectivity index (χ1n) is 5.24. The lowest BCUT2D eigenvalue weighted by Crippen LogP contribution is -2.18. The summed E-state index contributed by atoms with van der Waals surface area (Å²) in [5, 5.41) is 2.15. The number of ether oxygens (including phenoxy) is 1. The number of hydrogen-bond acceptors (Lipinski definition) is 2. The van der Waals surface area contributed by atoms with Gasteiger partial charge >= 0.3 is 6.09 Å². The topological polar surface area (TPSA) is 38.3 Å². The summed E-state index contributed by atoms with van der Waals surface area (Å²) >= 11 is 2.00. The first-order valence-corrected chi connectivity index (χ1v) is 6.32. The Kier molecular flexibility index (Phi) is 4.31. The van der Waals surface area contributed by atoms with Crippen LogP contribution in [-0.4, -0.2) is 6.09 Å². The van der Waals surface area contributed by atoms with Gasteiger partial charge in [0.1, 0.15) is 17.4 Å². The smallest absolute Gasteiger partial charge is 0.409 e. The molecule has 0 heterocycles. The highest BCUT2D eigenvalue weighted by Crippen LogP contribution is 2.21. The molecule has 0 saturated carbocycles. The molecule has 0 aliphatic rings. The first kappa shape index (κ1) is 13.7. The molecule has 1 N–H and O–H groups in total. The van der Waals surface area contributed by atoms with Gasteiger partial charge in [-0.25, -0.2) is 13.6 Å². The van der Waals surface area contributed by atoms with E-state index in [1.165, 1.54) is 0 Å². The molecule has 0 bridgehead atoms. The maximum Gasteiger partial charge on any atom is 0.417 e. The van der Waals surface area contributed by atoms with E-state index >= 15 is 0 Å². The van der Waals surface area contributed by atoms with Gasteiger partial charge in [0.05, 0.1) is 9.26 Å². The first-order chi connectivity index (χ1) is 9.06. The minimum Gasteiger partial charge on any atom is -0.409 e. The van der Waals surface area contributed by atoms with E-state index in [9.17, 15) is 13.6 Å². The maximum absolute atomic E-state index is 13.3. The number of halogens is 3. The van der Waals surface area contributed by atoms with Crippen molar-refractivity contribution in [1.82, 2.24) is 0 Å². The van der Waals surface area contributed by atoms with E-state index in [0.29, 0.717) is 5.75 Å². The zero-order valence-electron chi connectivity index (χ0n) is 9.49. The zero-order valence-corrected chi connectivity index (χ0v) is 11.6. The van der Waals surface area contributed by atoms with Gasteiger partial charge in [0.2, 0.25) is 0 Å². The average molecular weight is 375 g/mol. The third-order valence-electron chi connectivity index (χ3n) is 2.20. The van der Waals surface area contributed by atoms with Crippen LogP contribution in [0.3, 0.4) is 0 Å². The number of para-hydroxylation sites is 1. The van der Waals surface area contributed by atoms with Crippen molar-refractivity contribution < 1.29 is 18.3 Å². The summed E-state index contributed by atoms with van der Waals surface area (Å²) in [4.78, 5) is 11.6. The molecule has 0 aliphatic carbocycles. The van der Waals surface area contributed by atoms with Crippen LogP contribution in [0, 0.1) is 15.2 Å². The number of carbonyl (C=O) groups is 1. The van der Waals surface area contributed by atoms with Gasteiger partial charge in [-0.3, -0.25) is 5.32 Å². The summed E-state index contributed by atoms with van der Waals surface area (Å²) in [6.07, 6.45) is -0.881. The Morgan fingerprint density at radius 3 is 2.63 bits per heavy atom. The van der Waals surface area contributed by atoms with Gasteiger partial charge in [0, 0.05) is 6.07 Å². The molecule has 0 spiro atoms. The van der Waals surface area contributed by atoms with Crippen LogP contribution in [-0.2, 0) is 0 Å². The zero-order chi connectivity index (χ0) is 13.8. The summed E-state index contributed by atoms with van der Waals surface area (Å²) in [6, 6.07) is 9.62. The Balaban J connectivity index is 2.10. The van der Waals surface area contributed by atoms with Crippen molar-refractivity contribution in [2.45, 2.75) is 0 Å². The van der Waals surface area contributed by atoms with Crippen LogP contribution < -0.4 is 10.1 Å². The lowest BCUT2D eigenvalue weighted by molar-refractivity contribution is 0.214. The largest absolute Gasteiger partial charge is 0.417 e. The van der Waals surface area contributed by atoms with E-state index < -0.39 is 17.7 Å². The van der Waals surface area contributed by atoms with Crippen molar-refractivity contribution in [3.05, 3.63) is 57.7 Å². The van der Waals surface area contributed by atoms with Gasteiger partial charge in [0.15, 0.2) is 0 Å². The van der Waals surface area contributed by atoms with Gasteiger partial charge in [-0.2, -0.15) is 0 Å². The molecule has 0 saturated heterocycles. The molecule has 0 aliphatic heterocycles. The molecular weight excluding hydrogens is 367 g/mol. The van der Waals surface area contributed by atoms with Crippen molar-refractivity contribution in [3.63, 3.8) is 0 Å². The highest BCUT2D eigenvalue weighted by molar-refractivity contribution is 14.1. The van der Waals surface area contributed by atoms with Crippen molar-refractivity contribution in [2.75, 3.05) is 5.32 Å². The lowest BCUT2D eigenvalue weighted by Gasteiger charge is -2.08. The Bertz CT molecular complexity index is 619. The fourth-order valence-corrected chi connectivity index (χ4v) is 1.85. The fourth-order valence-electron chi connectivity index (χ4n) is 1.36. The number of nitrogens with one attached hydrogen (secondary N) is 1. The predicted molar refractivity (Wildman–Crippen MR) is 75.2 cm³/mol. The van der Waals surface area contributed by atoms with Crippen molar-refractivity contribution in [1.29, 1.82) is 0 Å². The number of carbonyl (C=O) groups excluding carboxylic acids is 1. The molecule has 0 radical (unpaired) electrons. The second-order valence-electron chi connectivity index (χ2n) is 3.57. The highest BCUT2D eigenvalue weighted by atomic mass is 127. The van der Waals surface area contributed by atoms with Gasteiger partial charge in [0.25, 0.3) is 0 Å². The molecule has 2 aromatic carbocycles. The molecule has 2 rings (SSSR count). The summed E-state index contributed by atoms with van der Waals surface area (Å²) in [5.41, 5.74) is -0.268. The van der Waals surface area contributed by atoms with Crippen molar-refractivity contribution >= 4 is 34.4 Å². The molecule has 6 heteroatoms. The van der Waals surface area contributed by atoms with Crippen LogP contribution >= 0.6 is 22.6 Å². The second-order valence-corrected chi connectivity index (χ2v) is 4.73. The summed E-state index contributed by atoms with van der Waals surface area (Å²) in [6.45, 7) is 0. The molecule has 0 fully saturated rings. The van der Waals surface area contributed by atoms with Crippen LogP contribution in [0.25, 0.3) is 0 Å². The predicted octanol–water partition coefficient (Wildman–Crippen LogP) is 4.18. The molecular formula is C13H8F2INO2. The third-order valence-corrected chi connectivity index (χ3v) is 3.10. The van der Waals surface area contributed by atoms with Crippen LogP contribution in [0.5, 0.6) is 5.75 Å². The molecule has 0 unspecified atom stereocenters. The van der Waals surface area contributed by atoms with Crippen LogP contribution in [0.1, 0.15) is 0 Å². The van der Waals surface area contributed by atoms with Crippen LogP contribution in [0.4, 0.5) is 19.3 Å². The Hall–Kier alpha value is -1.70. The van der Waals surface area contributed by atoms with Crippen molar-refractivity contribution in [3.8, 4) is 5.75 Å². The maximum atomic E-state index is 13.3. The van der Waals surface area contributed by atoms with Crippen LogP contribution in [0.2, 0.25) is 0 Å². The SMILES string of the molecule is O=C(Nc1cc(F)ccc1F)Oc1ccccc1I. The van der Waals surface area contributed by atoms with E-state index in [0.717, 1.165) is 21.8 Å². The number of anilines is 1. The van der Waals surface area contributed by atoms with E-state index in [4.69, 9.17) is 4.74 Å². The minimum atomic E-state index is -0.881. The molecule has 19 heavy (non-hydrogen) atoms. The molecule has 3 nitrogen and oxygen atoms in total. The van der Waals surface area contributed by atoms with Gasteiger partial charge in [-0.1, -0.05) is 12.1 Å². The fraction of sp³-hybridized carbons (Fsp3) is 0. The monoisotopic (exact) mass is 375 g/mol. The van der Waals surface area contributed by atoms with Gasteiger partial charge < -0.3 is 4.74 Å². The number of amides is 1. The second kappa shape index (κ2) is 5.96. The van der Waals surface area contributed by atoms with E-state index in [1.54, 1.807) is 24.3 Å². The lowest BCUT2D eigenvalue weighted by atomic mass is 10.3. The molecule has 98 valence electrons. The summed E-state index contributed by atoms with van der Waals surface area (Å²) in [5.74, 6) is -1.04. The summed E-state index contributed by atoms with van der Waals surface area (Å²) in [7, 11) is 0. The Morgan fingerprint density at radius 1 is 1.16 bits per heavy atom. The standard InChI is InChI=1S/C13H8F2INO2/c14-8-5-6-9(15)11(7-8)17-13(18)19-12-4-2-1-3-10(12)16/h1-7H,(H,17,18). The van der Waals surface area contributed by atoms with Gasteiger partial charge in [-0.15, -0.1) is 0 Å². The quantitative estimate of drug-likeness (QED) is 0.800. The highest BCUT2D eigenvalue weighted by Gasteiger charge is 2.11. The normalized spacial score (nSPS) is 10.1. The Morgan fingerprint density at radius 2 is 1.89 bits per heavy atom.